The van der Waals surface area contributed by atoms with E-state index in [9.17, 15) is 18.4 Å². The van der Waals surface area contributed by atoms with Crippen LogP contribution >= 0.6 is 0 Å². The summed E-state index contributed by atoms with van der Waals surface area (Å²) in [4.78, 5) is 29.2. The Morgan fingerprint density at radius 3 is 2.86 bits per heavy atom. The molecule has 1 aromatic heterocycles. The monoisotopic (exact) mass is 404 g/mol. The summed E-state index contributed by atoms with van der Waals surface area (Å²) in [6.45, 7) is -2.28. The smallest absolute Gasteiger partial charge is 0.387 e. The average Bonchev–Trinajstić information content (AvgIpc) is 2.68. The van der Waals surface area contributed by atoms with Gasteiger partial charge in [0.2, 0.25) is 5.91 Å². The van der Waals surface area contributed by atoms with Crippen molar-refractivity contribution in [3.05, 3.63) is 30.0 Å². The van der Waals surface area contributed by atoms with Crippen molar-refractivity contribution in [1.29, 1.82) is 5.26 Å². The second kappa shape index (κ2) is 8.68. The van der Waals surface area contributed by atoms with Gasteiger partial charge in [0.05, 0.1) is 23.7 Å². The summed E-state index contributed by atoms with van der Waals surface area (Å²) in [5, 5.41) is 9.07. The standard InChI is InChI=1S/C19H18F2N4O4/c20-19(21)29-16-9-12-14(8-13(16)18(23)27)24-6-4-15(12)28-11-2-1-7-25(10-11)17(26)3-5-22/h4,6,8-9,11,19H,1-3,7,10H2,(H2,23,27)/t11-/m1/s1. The molecule has 29 heavy (non-hydrogen) atoms. The zero-order valence-electron chi connectivity index (χ0n) is 15.3. The molecular formula is C19H18F2N4O4. The van der Waals surface area contributed by atoms with E-state index in [-0.39, 0.29) is 29.7 Å². The van der Waals surface area contributed by atoms with Crippen LogP contribution in [0, 0.1) is 11.3 Å². The summed E-state index contributed by atoms with van der Waals surface area (Å²) < 4.78 is 35.9. The van der Waals surface area contributed by atoms with Crippen molar-refractivity contribution in [2.75, 3.05) is 13.1 Å². The van der Waals surface area contributed by atoms with E-state index < -0.39 is 12.5 Å². The third-order valence-corrected chi connectivity index (χ3v) is 4.54. The molecule has 152 valence electrons. The Balaban J connectivity index is 1.90. The molecule has 0 unspecified atom stereocenters. The Morgan fingerprint density at radius 1 is 1.38 bits per heavy atom. The second-order valence-electron chi connectivity index (χ2n) is 6.47. The number of aromatic nitrogens is 1. The zero-order chi connectivity index (χ0) is 21.0. The highest BCUT2D eigenvalue weighted by Crippen LogP contribution is 2.33. The lowest BCUT2D eigenvalue weighted by Gasteiger charge is -2.32. The van der Waals surface area contributed by atoms with Crippen molar-refractivity contribution in [1.82, 2.24) is 9.88 Å². The number of hydrogen-bond acceptors (Lipinski definition) is 6. The Bertz CT molecular complexity index is 977. The van der Waals surface area contributed by atoms with Gasteiger partial charge in [-0.2, -0.15) is 14.0 Å². The van der Waals surface area contributed by atoms with Gasteiger partial charge in [-0.25, -0.2) is 0 Å². The number of amides is 2. The van der Waals surface area contributed by atoms with E-state index in [1.54, 1.807) is 11.0 Å². The summed E-state index contributed by atoms with van der Waals surface area (Å²) in [5.41, 5.74) is 5.36. The van der Waals surface area contributed by atoms with Gasteiger partial charge in [0.1, 0.15) is 24.0 Å². The molecule has 0 aliphatic carbocycles. The molecule has 2 heterocycles. The Labute approximate surface area is 164 Å². The van der Waals surface area contributed by atoms with Gasteiger partial charge in [-0.15, -0.1) is 0 Å². The number of nitriles is 1. The van der Waals surface area contributed by atoms with Crippen LogP contribution in [0.4, 0.5) is 8.78 Å². The van der Waals surface area contributed by atoms with Crippen LogP contribution in [-0.2, 0) is 4.79 Å². The highest BCUT2D eigenvalue weighted by molar-refractivity contribution is 6.01. The number of fused-ring (bicyclic) bond motifs is 1. The molecule has 1 fully saturated rings. The number of pyridine rings is 1. The number of nitrogens with two attached hydrogens (primary N) is 1. The largest absolute Gasteiger partial charge is 0.488 e. The van der Waals surface area contributed by atoms with Crippen LogP contribution in [0.15, 0.2) is 24.4 Å². The topological polar surface area (TPSA) is 119 Å². The highest BCUT2D eigenvalue weighted by atomic mass is 19.3. The Kier molecular flexibility index (Phi) is 6.07. The lowest BCUT2D eigenvalue weighted by Crippen LogP contribution is -2.44. The van der Waals surface area contributed by atoms with Gasteiger partial charge < -0.3 is 20.1 Å². The molecule has 1 saturated heterocycles. The van der Waals surface area contributed by atoms with Gasteiger partial charge in [-0.1, -0.05) is 0 Å². The van der Waals surface area contributed by atoms with E-state index >= 15 is 0 Å². The van der Waals surface area contributed by atoms with Crippen molar-refractivity contribution in [2.45, 2.75) is 32.0 Å². The lowest BCUT2D eigenvalue weighted by atomic mass is 10.1. The number of benzene rings is 1. The average molecular weight is 404 g/mol. The van der Waals surface area contributed by atoms with Crippen LogP contribution < -0.4 is 15.2 Å². The summed E-state index contributed by atoms with van der Waals surface area (Å²) in [7, 11) is 0. The molecule has 1 aliphatic heterocycles. The van der Waals surface area contributed by atoms with Crippen LogP contribution in [0.1, 0.15) is 29.6 Å². The first kappa shape index (κ1) is 20.3. The fraction of sp³-hybridized carbons (Fsp3) is 0.368. The van der Waals surface area contributed by atoms with Gasteiger partial charge in [-0.3, -0.25) is 14.6 Å². The SMILES string of the molecule is N#CCC(=O)N1CCC[C@@H](Oc2ccnc3cc(C(N)=O)c(OC(F)F)cc23)C1. The van der Waals surface area contributed by atoms with Gasteiger partial charge >= 0.3 is 6.61 Å². The summed E-state index contributed by atoms with van der Waals surface area (Å²) >= 11 is 0. The normalized spacial score (nSPS) is 16.5. The third-order valence-electron chi connectivity index (χ3n) is 4.54. The first-order chi connectivity index (χ1) is 13.9. The number of primary amides is 1. The van der Waals surface area contributed by atoms with E-state index in [4.69, 9.17) is 15.7 Å². The van der Waals surface area contributed by atoms with E-state index in [1.165, 1.54) is 18.3 Å². The molecule has 0 radical (unpaired) electrons. The number of likely N-dealkylation sites (tertiary alicyclic amines) is 1. The number of ether oxygens (including phenoxy) is 2. The molecule has 0 saturated carbocycles. The number of nitrogens with zero attached hydrogens (tertiary/aromatic N) is 3. The van der Waals surface area contributed by atoms with Gasteiger partial charge in [-0.05, 0) is 31.0 Å². The van der Waals surface area contributed by atoms with Crippen molar-refractivity contribution >= 4 is 22.7 Å². The molecule has 2 amide bonds. The number of rotatable bonds is 6. The molecule has 8 nitrogen and oxygen atoms in total. The Morgan fingerprint density at radius 2 is 2.17 bits per heavy atom. The molecule has 1 aromatic carbocycles. The van der Waals surface area contributed by atoms with E-state index in [1.807, 2.05) is 6.07 Å². The number of hydrogen-bond donors (Lipinski definition) is 1. The Hall–Kier alpha value is -3.48. The highest BCUT2D eigenvalue weighted by Gasteiger charge is 2.25. The minimum Gasteiger partial charge on any atom is -0.488 e. The molecule has 3 rings (SSSR count). The molecule has 0 bridgehead atoms. The van der Waals surface area contributed by atoms with Gasteiger partial charge in [0, 0.05) is 18.1 Å². The van der Waals surface area contributed by atoms with E-state index in [0.717, 1.165) is 0 Å². The minimum atomic E-state index is -3.13. The van der Waals surface area contributed by atoms with Crippen molar-refractivity contribution < 1.29 is 27.8 Å². The molecule has 1 aliphatic rings. The van der Waals surface area contributed by atoms with E-state index in [2.05, 4.69) is 9.72 Å². The maximum Gasteiger partial charge on any atom is 0.387 e. The van der Waals surface area contributed by atoms with Crippen LogP contribution in [-0.4, -0.2) is 47.5 Å². The summed E-state index contributed by atoms with van der Waals surface area (Å²) in [6.07, 6.45) is 2.30. The van der Waals surface area contributed by atoms with Crippen molar-refractivity contribution in [3.63, 3.8) is 0 Å². The van der Waals surface area contributed by atoms with Crippen molar-refractivity contribution in [3.8, 4) is 17.6 Å². The van der Waals surface area contributed by atoms with Crippen LogP contribution in [0.3, 0.4) is 0 Å². The maximum absolute atomic E-state index is 12.7. The fourth-order valence-corrected chi connectivity index (χ4v) is 3.26. The molecule has 2 aromatic rings. The number of halogens is 2. The van der Waals surface area contributed by atoms with Crippen LogP contribution in [0.2, 0.25) is 0 Å². The lowest BCUT2D eigenvalue weighted by molar-refractivity contribution is -0.132. The zero-order valence-corrected chi connectivity index (χ0v) is 15.3. The molecule has 2 N–H and O–H groups in total. The molecule has 0 spiro atoms. The quantitative estimate of drug-likeness (QED) is 0.789. The number of carbonyl (C=O) groups excluding carboxylic acids is 2. The fourth-order valence-electron chi connectivity index (χ4n) is 3.26. The molecule has 10 heteroatoms. The van der Waals surface area contributed by atoms with Gasteiger partial charge in [0.15, 0.2) is 0 Å². The molecule has 1 atom stereocenters. The van der Waals surface area contributed by atoms with Crippen molar-refractivity contribution in [2.24, 2.45) is 5.73 Å². The third kappa shape index (κ3) is 4.68. The van der Waals surface area contributed by atoms with E-state index in [0.29, 0.717) is 42.6 Å². The predicted molar refractivity (Wildman–Crippen MR) is 97.4 cm³/mol. The minimum absolute atomic E-state index is 0.199. The molecular weight excluding hydrogens is 386 g/mol. The maximum atomic E-state index is 12.7. The van der Waals surface area contributed by atoms with Gasteiger partial charge in [0.25, 0.3) is 5.91 Å². The number of piperidine rings is 1. The predicted octanol–water partition coefficient (Wildman–Crippen LogP) is 2.22. The summed E-state index contributed by atoms with van der Waals surface area (Å²) in [6, 6.07) is 5.91. The van der Waals surface area contributed by atoms with Crippen LogP contribution in [0.25, 0.3) is 10.9 Å². The first-order valence-electron chi connectivity index (χ1n) is 8.87. The number of alkyl halides is 2. The number of carbonyl (C=O) groups is 2. The summed E-state index contributed by atoms with van der Waals surface area (Å²) in [5.74, 6) is -1.20. The second-order valence-corrected chi connectivity index (χ2v) is 6.47. The first-order valence-corrected chi connectivity index (χ1v) is 8.87. The van der Waals surface area contributed by atoms with Crippen LogP contribution in [0.5, 0.6) is 11.5 Å².